The van der Waals surface area contributed by atoms with E-state index in [9.17, 15) is 16.8 Å². The number of halogens is 1. The molecule has 0 atom stereocenters. The van der Waals surface area contributed by atoms with Gasteiger partial charge in [-0.25, -0.2) is 46.7 Å². The van der Waals surface area contributed by atoms with Crippen molar-refractivity contribution in [1.29, 1.82) is 0 Å². The Morgan fingerprint density at radius 2 is 1.10 bits per heavy atom. The van der Waals surface area contributed by atoms with Crippen LogP contribution in [0.4, 0.5) is 11.9 Å². The van der Waals surface area contributed by atoms with Crippen molar-refractivity contribution in [1.82, 2.24) is 39.7 Å². The van der Waals surface area contributed by atoms with Crippen LogP contribution in [0, 0.1) is 0 Å². The first-order valence-electron chi connectivity index (χ1n) is 24.4. The largest absolute Gasteiger partial charge is 0.481 e. The fraction of sp³-hybridized carbons (Fsp3) is 0.551. The Labute approximate surface area is 437 Å². The second-order valence-electron chi connectivity index (χ2n) is 19.9. The molecule has 0 aromatic carbocycles. The molecule has 6 aromatic rings. The highest BCUT2D eigenvalue weighted by Crippen LogP contribution is 2.41. The molecule has 2 aliphatic carbocycles. The Kier molecular flexibility index (Phi) is 15.1. The summed E-state index contributed by atoms with van der Waals surface area (Å²) in [5, 5.41) is 3.70. The molecule has 5 fully saturated rings. The van der Waals surface area contributed by atoms with E-state index in [-0.39, 0.29) is 27.5 Å². The Balaban J connectivity index is 0.000000172. The number of sulfone groups is 2. The van der Waals surface area contributed by atoms with Crippen molar-refractivity contribution >= 4 is 90.6 Å². The van der Waals surface area contributed by atoms with Crippen molar-refractivity contribution in [3.8, 4) is 34.3 Å². The first-order valence-corrected chi connectivity index (χ1v) is 30.4. The second kappa shape index (κ2) is 21.2. The summed E-state index contributed by atoms with van der Waals surface area (Å²) in [4.78, 5) is 38.1. The minimum Gasteiger partial charge on any atom is -0.481 e. The van der Waals surface area contributed by atoms with Crippen molar-refractivity contribution in [2.45, 2.75) is 80.5 Å². The van der Waals surface area contributed by atoms with Crippen LogP contribution in [0.3, 0.4) is 0 Å². The van der Waals surface area contributed by atoms with E-state index in [1.165, 1.54) is 19.8 Å². The first-order chi connectivity index (χ1) is 34.6. The van der Waals surface area contributed by atoms with Crippen LogP contribution in [-0.4, -0.2) is 166 Å². The highest BCUT2D eigenvalue weighted by molar-refractivity contribution is 9.10. The van der Waals surface area contributed by atoms with Gasteiger partial charge < -0.3 is 28.7 Å². The maximum Gasteiger partial charge on any atom is 0.226 e. The van der Waals surface area contributed by atoms with E-state index >= 15 is 0 Å². The number of ether oxygens (including phenoxy) is 4. The SMILES string of the molecule is COc1ncc(-c2nc(N3CCOCC3)nc3c(Br)csc23)cc1CS(=O)(=O)C1CC1.COc1ncc(-c2nc(N3CCOCC3)nc3c(CN4CCN(C(C)(C)C)CC4)csc23)cc1CS(=O)(=O)C1CC1. The summed E-state index contributed by atoms with van der Waals surface area (Å²) in [6.07, 6.45) is 6.35. The number of hydrogen-bond acceptors (Lipinski definition) is 20. The summed E-state index contributed by atoms with van der Waals surface area (Å²) >= 11 is 6.78. The topological polar surface area (TPSA) is 196 Å². The van der Waals surface area contributed by atoms with Gasteiger partial charge >= 0.3 is 0 Å². The van der Waals surface area contributed by atoms with Gasteiger partial charge in [-0.3, -0.25) is 9.80 Å². The molecule has 9 heterocycles. The molecule has 6 aromatic heterocycles. The van der Waals surface area contributed by atoms with E-state index in [4.69, 9.17) is 38.9 Å². The highest BCUT2D eigenvalue weighted by Gasteiger charge is 2.38. The van der Waals surface area contributed by atoms with Crippen LogP contribution < -0.4 is 19.3 Å². The van der Waals surface area contributed by atoms with Crippen molar-refractivity contribution < 1.29 is 35.8 Å². The summed E-state index contributed by atoms with van der Waals surface area (Å²) in [5.74, 6) is 1.82. The van der Waals surface area contributed by atoms with Crippen molar-refractivity contribution in [2.75, 3.05) is 103 Å². The van der Waals surface area contributed by atoms with Gasteiger partial charge in [-0.05, 0) is 79.9 Å². The molecule has 0 bridgehead atoms. The number of thiophene rings is 2. The zero-order chi connectivity index (χ0) is 50.4. The Morgan fingerprint density at radius 3 is 1.56 bits per heavy atom. The van der Waals surface area contributed by atoms with Crippen LogP contribution in [0.2, 0.25) is 0 Å². The van der Waals surface area contributed by atoms with Crippen LogP contribution in [0.15, 0.2) is 39.8 Å². The minimum absolute atomic E-state index is 0.0809. The fourth-order valence-electron chi connectivity index (χ4n) is 9.32. The van der Waals surface area contributed by atoms with Crippen LogP contribution >= 0.6 is 38.6 Å². The molecule has 3 aliphatic heterocycles. The van der Waals surface area contributed by atoms with Crippen LogP contribution in [0.25, 0.3) is 42.9 Å². The molecule has 386 valence electrons. The van der Waals surface area contributed by atoms with E-state index in [1.807, 2.05) is 17.5 Å². The number of piperazine rings is 1. The number of anilines is 2. The van der Waals surface area contributed by atoms with E-state index in [0.717, 1.165) is 132 Å². The molecule has 3 saturated heterocycles. The van der Waals surface area contributed by atoms with Gasteiger partial charge in [0.15, 0.2) is 19.7 Å². The third kappa shape index (κ3) is 11.4. The summed E-state index contributed by atoms with van der Waals surface area (Å²) < 4.78 is 75.7. The van der Waals surface area contributed by atoms with E-state index in [1.54, 1.807) is 35.1 Å². The number of methoxy groups -OCH3 is 2. The number of pyridine rings is 2. The summed E-state index contributed by atoms with van der Waals surface area (Å²) in [6.45, 7) is 17.2. The van der Waals surface area contributed by atoms with Gasteiger partial charge in [-0.15, -0.1) is 22.7 Å². The maximum absolute atomic E-state index is 12.9. The monoisotopic (exact) mass is 1120 g/mol. The number of nitrogens with zero attached hydrogens (tertiary/aromatic N) is 10. The molecule has 0 N–H and O–H groups in total. The molecular formula is C49H61BrN10O8S4. The Morgan fingerprint density at radius 1 is 0.639 bits per heavy atom. The average molecular weight is 1130 g/mol. The number of aromatic nitrogens is 6. The van der Waals surface area contributed by atoms with E-state index < -0.39 is 19.7 Å². The number of hydrogen-bond donors (Lipinski definition) is 0. The normalized spacial score (nSPS) is 18.6. The van der Waals surface area contributed by atoms with Crippen LogP contribution in [-0.2, 0) is 47.2 Å². The second-order valence-corrected chi connectivity index (χ2v) is 27.1. The Bertz CT molecular complexity index is 3160. The van der Waals surface area contributed by atoms with E-state index in [2.05, 4.69) is 71.6 Å². The van der Waals surface area contributed by atoms with Gasteiger partial charge in [-0.1, -0.05) is 0 Å². The molecule has 23 heteroatoms. The maximum atomic E-state index is 12.9. The van der Waals surface area contributed by atoms with Gasteiger partial charge in [0.2, 0.25) is 23.7 Å². The lowest BCUT2D eigenvalue weighted by atomic mass is 10.0. The first kappa shape index (κ1) is 51.3. The predicted octanol–water partition coefficient (Wildman–Crippen LogP) is 7.03. The zero-order valence-corrected chi connectivity index (χ0v) is 46.2. The molecular weight excluding hydrogens is 1060 g/mol. The van der Waals surface area contributed by atoms with Gasteiger partial charge in [0.1, 0.15) is 5.52 Å². The quantitative estimate of drug-likeness (QED) is 0.108. The molecule has 2 saturated carbocycles. The summed E-state index contributed by atoms with van der Waals surface area (Å²) in [7, 11) is -3.43. The van der Waals surface area contributed by atoms with Crippen molar-refractivity contribution in [2.24, 2.45) is 0 Å². The lowest BCUT2D eigenvalue weighted by Gasteiger charge is -2.42. The molecule has 0 unspecified atom stereocenters. The molecule has 18 nitrogen and oxygen atoms in total. The molecule has 0 radical (unpaired) electrons. The van der Waals surface area contributed by atoms with Gasteiger partial charge in [0.05, 0.1) is 93.4 Å². The molecule has 5 aliphatic rings. The van der Waals surface area contributed by atoms with Gasteiger partial charge in [0.25, 0.3) is 0 Å². The van der Waals surface area contributed by atoms with Gasteiger partial charge in [0, 0.05) is 110 Å². The van der Waals surface area contributed by atoms with Crippen LogP contribution in [0.1, 0.15) is 63.1 Å². The molecule has 0 amide bonds. The third-order valence-corrected chi connectivity index (χ3v) is 21.0. The van der Waals surface area contributed by atoms with Crippen molar-refractivity contribution in [3.63, 3.8) is 0 Å². The minimum atomic E-state index is -3.25. The Hall–Kier alpha value is -4.20. The number of rotatable bonds is 14. The third-order valence-electron chi connectivity index (χ3n) is 13.7. The fourth-order valence-corrected chi connectivity index (χ4v) is 15.4. The highest BCUT2D eigenvalue weighted by atomic mass is 79.9. The molecule has 11 rings (SSSR count). The molecule has 72 heavy (non-hydrogen) atoms. The molecule has 0 spiro atoms. The lowest BCUT2D eigenvalue weighted by Crippen LogP contribution is -2.53. The zero-order valence-electron chi connectivity index (χ0n) is 41.3. The predicted molar refractivity (Wildman–Crippen MR) is 286 cm³/mol. The number of morpholine rings is 2. The summed E-state index contributed by atoms with van der Waals surface area (Å²) in [5.41, 5.74) is 7.35. The van der Waals surface area contributed by atoms with Crippen LogP contribution in [0.5, 0.6) is 11.8 Å². The van der Waals surface area contributed by atoms with E-state index in [0.29, 0.717) is 61.2 Å². The average Bonchev–Trinajstić information content (AvgIpc) is 4.33. The van der Waals surface area contributed by atoms with Crippen molar-refractivity contribution in [3.05, 3.63) is 56.4 Å². The smallest absolute Gasteiger partial charge is 0.226 e. The number of fused-ring (bicyclic) bond motifs is 2. The summed E-state index contributed by atoms with van der Waals surface area (Å²) in [6, 6.07) is 3.73. The standard InChI is InChI=1S/C29H40N6O4S2.C20H21BrN4O4S2/c1-29(2,3)35-9-7-33(8-10-35)17-22-18-40-26-24(31-28(32-25(22)26)34-11-13-39-14-12-34)20-15-21(27(38-4)30-16-20)19-41(36,37)23-5-6-23;1-28-19-13(11-31(26,27)14-2-3-14)8-12(9-22-19)16-18-17(15(21)10-30-18)24-20(23-16)25-4-6-29-7-5-25/h15-16,18,23H,5-14,17,19H2,1-4H3;8-10,14H,2-7,11H2,1H3. The lowest BCUT2D eigenvalue weighted by molar-refractivity contribution is 0.0593. The van der Waals surface area contributed by atoms with Gasteiger partial charge in [-0.2, -0.15) is 0 Å².